The minimum Gasteiger partial charge on any atom is -0.456 e. The maximum absolute atomic E-state index is 11.7. The summed E-state index contributed by atoms with van der Waals surface area (Å²) in [4.78, 5) is 11.7. The van der Waals surface area contributed by atoms with Gasteiger partial charge in [0.2, 0.25) is 0 Å². The van der Waals surface area contributed by atoms with Crippen LogP contribution in [0.2, 0.25) is 0 Å². The van der Waals surface area contributed by atoms with Crippen LogP contribution >= 0.6 is 0 Å². The number of benzene rings is 2. The van der Waals surface area contributed by atoms with E-state index in [1.807, 2.05) is 55.5 Å². The van der Waals surface area contributed by atoms with E-state index in [0.717, 1.165) is 34.3 Å². The number of fused-ring (bicyclic) bond motifs is 1. The second-order valence-electron chi connectivity index (χ2n) is 5.16. The molecule has 0 aliphatic carbocycles. The van der Waals surface area contributed by atoms with Crippen LogP contribution in [0.25, 0.3) is 22.3 Å². The first-order valence-corrected chi connectivity index (χ1v) is 7.37. The van der Waals surface area contributed by atoms with Crippen LogP contribution in [0.5, 0.6) is 0 Å². The third-order valence-electron chi connectivity index (χ3n) is 3.78. The van der Waals surface area contributed by atoms with E-state index in [0.29, 0.717) is 18.6 Å². The van der Waals surface area contributed by atoms with Gasteiger partial charge in [-0.15, -0.1) is 0 Å². The summed E-state index contributed by atoms with van der Waals surface area (Å²) in [5, 5.41) is 1.11. The second kappa shape index (κ2) is 5.96. The van der Waals surface area contributed by atoms with Gasteiger partial charge in [-0.3, -0.25) is 4.79 Å². The van der Waals surface area contributed by atoms with Crippen molar-refractivity contribution in [2.24, 2.45) is 0 Å². The lowest BCUT2D eigenvalue weighted by Crippen LogP contribution is -1.98. The summed E-state index contributed by atoms with van der Waals surface area (Å²) in [6, 6.07) is 18.1. The average molecular weight is 278 g/mol. The highest BCUT2D eigenvalue weighted by Crippen LogP contribution is 2.34. The summed E-state index contributed by atoms with van der Waals surface area (Å²) in [5.41, 5.74) is 3.08. The fraction of sp³-hybridized carbons (Fsp3) is 0.211. The Balaban J connectivity index is 2.08. The summed E-state index contributed by atoms with van der Waals surface area (Å²) in [6.07, 6.45) is 1.89. The molecule has 3 aromatic rings. The number of hydrogen-bond donors (Lipinski definition) is 0. The van der Waals surface area contributed by atoms with E-state index >= 15 is 0 Å². The Kier molecular flexibility index (Phi) is 3.87. The molecule has 0 radical (unpaired) electrons. The van der Waals surface area contributed by atoms with Crippen molar-refractivity contribution in [3.63, 3.8) is 0 Å². The number of Topliss-reactive ketones (excluding diaryl/α,β-unsaturated/α-hetero) is 1. The molecule has 0 atom stereocenters. The second-order valence-corrected chi connectivity index (χ2v) is 5.16. The van der Waals surface area contributed by atoms with Crippen LogP contribution in [0, 0.1) is 0 Å². The van der Waals surface area contributed by atoms with E-state index in [-0.39, 0.29) is 0 Å². The molecule has 1 heterocycles. The standard InChI is InChI=1S/C19H18O2/c1-2-15(20)12-13-17-16-10-6-7-11-18(16)21-19(17)14-8-4-3-5-9-14/h3-11H,2,12-13H2,1H3. The van der Waals surface area contributed by atoms with Crippen molar-refractivity contribution in [2.75, 3.05) is 0 Å². The molecule has 0 amide bonds. The molecule has 1 aromatic heterocycles. The van der Waals surface area contributed by atoms with Crippen molar-refractivity contribution in [3.05, 3.63) is 60.2 Å². The number of para-hydroxylation sites is 1. The van der Waals surface area contributed by atoms with Crippen LogP contribution in [0.4, 0.5) is 0 Å². The first kappa shape index (κ1) is 13.6. The molecule has 0 aliphatic heterocycles. The highest BCUT2D eigenvalue weighted by molar-refractivity contribution is 5.89. The molecule has 0 fully saturated rings. The Hall–Kier alpha value is -2.35. The van der Waals surface area contributed by atoms with Gasteiger partial charge in [-0.25, -0.2) is 0 Å². The van der Waals surface area contributed by atoms with Crippen molar-refractivity contribution >= 4 is 16.8 Å². The van der Waals surface area contributed by atoms with Gasteiger partial charge in [-0.1, -0.05) is 55.5 Å². The highest BCUT2D eigenvalue weighted by Gasteiger charge is 2.16. The molecule has 3 rings (SSSR count). The minimum absolute atomic E-state index is 0.291. The van der Waals surface area contributed by atoms with Gasteiger partial charge in [0.05, 0.1) is 0 Å². The molecule has 0 aliphatic rings. The summed E-state index contributed by atoms with van der Waals surface area (Å²) < 4.78 is 6.04. The lowest BCUT2D eigenvalue weighted by Gasteiger charge is -2.03. The fourth-order valence-corrected chi connectivity index (χ4v) is 2.61. The van der Waals surface area contributed by atoms with Crippen LogP contribution in [-0.2, 0) is 11.2 Å². The molecule has 0 N–H and O–H groups in total. The van der Waals surface area contributed by atoms with Gasteiger partial charge in [-0.2, -0.15) is 0 Å². The normalized spacial score (nSPS) is 10.9. The zero-order valence-corrected chi connectivity index (χ0v) is 12.1. The highest BCUT2D eigenvalue weighted by atomic mass is 16.3. The van der Waals surface area contributed by atoms with E-state index < -0.39 is 0 Å². The number of aryl methyl sites for hydroxylation is 1. The number of rotatable bonds is 5. The maximum atomic E-state index is 11.7. The molecule has 2 aromatic carbocycles. The molecule has 0 unspecified atom stereocenters. The molecule has 106 valence electrons. The van der Waals surface area contributed by atoms with E-state index in [1.165, 1.54) is 0 Å². The number of carbonyl (C=O) groups excluding carboxylic acids is 1. The van der Waals surface area contributed by atoms with Crippen molar-refractivity contribution in [1.29, 1.82) is 0 Å². The Bertz CT molecular complexity index is 754. The van der Waals surface area contributed by atoms with E-state index in [9.17, 15) is 4.79 Å². The zero-order valence-electron chi connectivity index (χ0n) is 12.1. The predicted molar refractivity (Wildman–Crippen MR) is 85.3 cm³/mol. The van der Waals surface area contributed by atoms with Crippen molar-refractivity contribution < 1.29 is 9.21 Å². The zero-order chi connectivity index (χ0) is 14.7. The van der Waals surface area contributed by atoms with Crippen LogP contribution in [0.3, 0.4) is 0 Å². The van der Waals surface area contributed by atoms with E-state index in [1.54, 1.807) is 0 Å². The molecule has 0 spiro atoms. The number of hydrogen-bond acceptors (Lipinski definition) is 2. The maximum Gasteiger partial charge on any atom is 0.138 e. The van der Waals surface area contributed by atoms with Crippen LogP contribution < -0.4 is 0 Å². The third kappa shape index (κ3) is 2.75. The van der Waals surface area contributed by atoms with Crippen LogP contribution in [0.15, 0.2) is 59.0 Å². The monoisotopic (exact) mass is 278 g/mol. The quantitative estimate of drug-likeness (QED) is 0.656. The van der Waals surface area contributed by atoms with Crippen molar-refractivity contribution in [2.45, 2.75) is 26.2 Å². The third-order valence-corrected chi connectivity index (χ3v) is 3.78. The Labute approximate surface area is 124 Å². The fourth-order valence-electron chi connectivity index (χ4n) is 2.61. The lowest BCUT2D eigenvalue weighted by atomic mass is 10.00. The van der Waals surface area contributed by atoms with E-state index in [4.69, 9.17) is 4.42 Å². The van der Waals surface area contributed by atoms with Crippen LogP contribution in [0.1, 0.15) is 25.3 Å². The van der Waals surface area contributed by atoms with E-state index in [2.05, 4.69) is 6.07 Å². The Morgan fingerprint density at radius 3 is 2.48 bits per heavy atom. The lowest BCUT2D eigenvalue weighted by molar-refractivity contribution is -0.118. The van der Waals surface area contributed by atoms with Gasteiger partial charge >= 0.3 is 0 Å². The topological polar surface area (TPSA) is 30.2 Å². The van der Waals surface area contributed by atoms with Crippen molar-refractivity contribution in [3.8, 4) is 11.3 Å². The largest absolute Gasteiger partial charge is 0.456 e. The molecule has 0 bridgehead atoms. The van der Waals surface area contributed by atoms with Crippen LogP contribution in [-0.4, -0.2) is 5.78 Å². The van der Waals surface area contributed by atoms with Gasteiger partial charge in [-0.05, 0) is 12.5 Å². The molecule has 2 heteroatoms. The van der Waals surface area contributed by atoms with Gasteiger partial charge in [0.25, 0.3) is 0 Å². The molecular weight excluding hydrogens is 260 g/mol. The number of ketones is 1. The molecule has 2 nitrogen and oxygen atoms in total. The number of carbonyl (C=O) groups is 1. The summed E-state index contributed by atoms with van der Waals surface area (Å²) in [6.45, 7) is 1.91. The number of furan rings is 1. The van der Waals surface area contributed by atoms with Gasteiger partial charge in [0, 0.05) is 29.4 Å². The predicted octanol–water partition coefficient (Wildman–Crippen LogP) is 5.01. The summed E-state index contributed by atoms with van der Waals surface area (Å²) >= 11 is 0. The summed E-state index contributed by atoms with van der Waals surface area (Å²) in [7, 11) is 0. The molecule has 0 saturated heterocycles. The first-order valence-electron chi connectivity index (χ1n) is 7.37. The van der Waals surface area contributed by atoms with Gasteiger partial charge < -0.3 is 4.42 Å². The van der Waals surface area contributed by atoms with Gasteiger partial charge in [0.1, 0.15) is 17.1 Å². The Morgan fingerprint density at radius 1 is 1.00 bits per heavy atom. The average Bonchev–Trinajstić information content (AvgIpc) is 2.92. The Morgan fingerprint density at radius 2 is 1.71 bits per heavy atom. The van der Waals surface area contributed by atoms with Crippen molar-refractivity contribution in [1.82, 2.24) is 0 Å². The smallest absolute Gasteiger partial charge is 0.138 e. The summed E-state index contributed by atoms with van der Waals surface area (Å²) in [5.74, 6) is 1.18. The molecular formula is C19H18O2. The first-order chi connectivity index (χ1) is 10.3. The molecule has 0 saturated carbocycles. The minimum atomic E-state index is 0.291. The SMILES string of the molecule is CCC(=O)CCc1c(-c2ccccc2)oc2ccccc12. The van der Waals surface area contributed by atoms with Gasteiger partial charge in [0.15, 0.2) is 0 Å². The molecule has 21 heavy (non-hydrogen) atoms.